The number of likely N-dealkylation sites (N-methyl/N-ethyl adjacent to an activating group) is 1. The van der Waals surface area contributed by atoms with Gasteiger partial charge in [0.2, 0.25) is 0 Å². The molecule has 0 saturated carbocycles. The van der Waals surface area contributed by atoms with E-state index in [1.807, 2.05) is 0 Å². The minimum absolute atomic E-state index is 0.377. The molecular formula is C18H29NO2. The molecule has 0 bridgehead atoms. The van der Waals surface area contributed by atoms with Crippen LogP contribution in [0.25, 0.3) is 0 Å². The van der Waals surface area contributed by atoms with Gasteiger partial charge < -0.3 is 14.8 Å². The predicted molar refractivity (Wildman–Crippen MR) is 87.2 cm³/mol. The Bertz CT molecular complexity index is 439. The Kier molecular flexibility index (Phi) is 6.07. The standard InChI is InChI=1S/C18H29NO2/c1-5-19-18(15-8-9-20-11-15)12-21-16-6-7-17(13(2)3)14(4)10-16/h6-7,10,13,15,18-19H,5,8-9,11-12H2,1-4H3. The van der Waals surface area contributed by atoms with E-state index in [-0.39, 0.29) is 0 Å². The maximum absolute atomic E-state index is 6.03. The molecule has 21 heavy (non-hydrogen) atoms. The first-order chi connectivity index (χ1) is 10.1. The molecule has 3 heteroatoms. The summed E-state index contributed by atoms with van der Waals surface area (Å²) in [7, 11) is 0. The number of hydrogen-bond acceptors (Lipinski definition) is 3. The summed E-state index contributed by atoms with van der Waals surface area (Å²) in [6.07, 6.45) is 1.13. The highest BCUT2D eigenvalue weighted by atomic mass is 16.5. The molecule has 2 rings (SSSR count). The van der Waals surface area contributed by atoms with Crippen LogP contribution < -0.4 is 10.1 Å². The molecule has 118 valence electrons. The van der Waals surface area contributed by atoms with Gasteiger partial charge in [-0.2, -0.15) is 0 Å². The second kappa shape index (κ2) is 7.81. The molecule has 2 unspecified atom stereocenters. The maximum atomic E-state index is 6.03. The van der Waals surface area contributed by atoms with Crippen molar-refractivity contribution in [3.63, 3.8) is 0 Å². The van der Waals surface area contributed by atoms with Gasteiger partial charge in [0.15, 0.2) is 0 Å². The van der Waals surface area contributed by atoms with Gasteiger partial charge >= 0.3 is 0 Å². The van der Waals surface area contributed by atoms with E-state index in [0.717, 1.165) is 31.9 Å². The van der Waals surface area contributed by atoms with Crippen LogP contribution in [0.4, 0.5) is 0 Å². The Labute approximate surface area is 129 Å². The Balaban J connectivity index is 1.95. The van der Waals surface area contributed by atoms with Crippen molar-refractivity contribution >= 4 is 0 Å². The predicted octanol–water partition coefficient (Wildman–Crippen LogP) is 3.51. The molecule has 0 spiro atoms. The van der Waals surface area contributed by atoms with Gasteiger partial charge in [-0.05, 0) is 49.1 Å². The topological polar surface area (TPSA) is 30.5 Å². The Morgan fingerprint density at radius 3 is 2.76 bits per heavy atom. The highest BCUT2D eigenvalue weighted by Crippen LogP contribution is 2.24. The summed E-state index contributed by atoms with van der Waals surface area (Å²) in [6, 6.07) is 6.82. The average Bonchev–Trinajstić information content (AvgIpc) is 2.97. The zero-order chi connectivity index (χ0) is 15.2. The zero-order valence-electron chi connectivity index (χ0n) is 13.8. The maximum Gasteiger partial charge on any atom is 0.119 e. The molecule has 1 heterocycles. The Morgan fingerprint density at radius 1 is 1.38 bits per heavy atom. The molecule has 1 aromatic rings. The number of aryl methyl sites for hydroxylation is 1. The van der Waals surface area contributed by atoms with E-state index < -0.39 is 0 Å². The van der Waals surface area contributed by atoms with Crippen LogP contribution in [-0.2, 0) is 4.74 Å². The summed E-state index contributed by atoms with van der Waals surface area (Å²) in [4.78, 5) is 0. The van der Waals surface area contributed by atoms with Crippen molar-refractivity contribution in [2.24, 2.45) is 5.92 Å². The molecule has 0 amide bonds. The van der Waals surface area contributed by atoms with Crippen LogP contribution >= 0.6 is 0 Å². The van der Waals surface area contributed by atoms with E-state index >= 15 is 0 Å². The van der Waals surface area contributed by atoms with Crippen LogP contribution in [0.2, 0.25) is 0 Å². The number of ether oxygens (including phenoxy) is 2. The third-order valence-corrected chi connectivity index (χ3v) is 4.29. The third-order valence-electron chi connectivity index (χ3n) is 4.29. The fraction of sp³-hybridized carbons (Fsp3) is 0.667. The highest BCUT2D eigenvalue weighted by molar-refractivity contribution is 5.36. The Hall–Kier alpha value is -1.06. The molecule has 1 aliphatic rings. The first-order valence-corrected chi connectivity index (χ1v) is 8.16. The lowest BCUT2D eigenvalue weighted by molar-refractivity contribution is 0.161. The van der Waals surface area contributed by atoms with Gasteiger partial charge in [-0.3, -0.25) is 0 Å². The summed E-state index contributed by atoms with van der Waals surface area (Å²) < 4.78 is 11.5. The number of benzene rings is 1. The summed E-state index contributed by atoms with van der Waals surface area (Å²) in [6.45, 7) is 12.2. The van der Waals surface area contributed by atoms with E-state index in [4.69, 9.17) is 9.47 Å². The van der Waals surface area contributed by atoms with Crippen molar-refractivity contribution in [1.82, 2.24) is 5.32 Å². The van der Waals surface area contributed by atoms with E-state index in [1.54, 1.807) is 0 Å². The first-order valence-electron chi connectivity index (χ1n) is 8.16. The lowest BCUT2D eigenvalue weighted by atomic mass is 9.98. The monoisotopic (exact) mass is 291 g/mol. The minimum atomic E-state index is 0.377. The molecule has 3 nitrogen and oxygen atoms in total. The van der Waals surface area contributed by atoms with E-state index in [0.29, 0.717) is 24.5 Å². The van der Waals surface area contributed by atoms with Gasteiger partial charge in [0, 0.05) is 18.6 Å². The van der Waals surface area contributed by atoms with Crippen molar-refractivity contribution in [2.45, 2.75) is 46.1 Å². The largest absolute Gasteiger partial charge is 0.492 e. The number of hydrogen-bond donors (Lipinski definition) is 1. The fourth-order valence-electron chi connectivity index (χ4n) is 3.07. The van der Waals surface area contributed by atoms with Crippen molar-refractivity contribution in [2.75, 3.05) is 26.4 Å². The molecule has 2 atom stereocenters. The molecule has 0 aliphatic carbocycles. The lowest BCUT2D eigenvalue weighted by Crippen LogP contribution is -2.41. The fourth-order valence-corrected chi connectivity index (χ4v) is 3.07. The molecule has 0 aromatic heterocycles. The van der Waals surface area contributed by atoms with E-state index in [9.17, 15) is 0 Å². The van der Waals surface area contributed by atoms with Crippen LogP contribution in [0.15, 0.2) is 18.2 Å². The summed E-state index contributed by atoms with van der Waals surface area (Å²) in [5.41, 5.74) is 2.71. The first kappa shape index (κ1) is 16.3. The Morgan fingerprint density at radius 2 is 2.19 bits per heavy atom. The smallest absolute Gasteiger partial charge is 0.119 e. The van der Waals surface area contributed by atoms with Crippen molar-refractivity contribution in [3.05, 3.63) is 29.3 Å². The number of nitrogens with one attached hydrogen (secondary N) is 1. The van der Waals surface area contributed by atoms with Crippen molar-refractivity contribution < 1.29 is 9.47 Å². The SMILES string of the molecule is CCNC(COc1ccc(C(C)C)c(C)c1)C1CCOC1. The molecule has 1 N–H and O–H groups in total. The van der Waals surface area contributed by atoms with Gasteiger partial charge in [-0.25, -0.2) is 0 Å². The zero-order valence-corrected chi connectivity index (χ0v) is 13.8. The second-order valence-corrected chi connectivity index (χ2v) is 6.27. The van der Waals surface area contributed by atoms with Gasteiger partial charge in [-0.1, -0.05) is 26.8 Å². The van der Waals surface area contributed by atoms with Crippen molar-refractivity contribution in [1.29, 1.82) is 0 Å². The van der Waals surface area contributed by atoms with Crippen LogP contribution in [0.1, 0.15) is 44.2 Å². The van der Waals surface area contributed by atoms with Crippen LogP contribution in [0.5, 0.6) is 5.75 Å². The quantitative estimate of drug-likeness (QED) is 0.834. The summed E-state index contributed by atoms with van der Waals surface area (Å²) in [5.74, 6) is 2.10. The average molecular weight is 291 g/mol. The molecule has 1 saturated heterocycles. The van der Waals surface area contributed by atoms with E-state index in [2.05, 4.69) is 51.2 Å². The molecule has 1 fully saturated rings. The molecule has 1 aromatic carbocycles. The lowest BCUT2D eigenvalue weighted by Gasteiger charge is -2.23. The summed E-state index contributed by atoms with van der Waals surface area (Å²) >= 11 is 0. The number of rotatable bonds is 7. The molecular weight excluding hydrogens is 262 g/mol. The van der Waals surface area contributed by atoms with Gasteiger partial charge in [0.25, 0.3) is 0 Å². The minimum Gasteiger partial charge on any atom is -0.492 e. The van der Waals surface area contributed by atoms with E-state index in [1.165, 1.54) is 11.1 Å². The molecule has 0 radical (unpaired) electrons. The second-order valence-electron chi connectivity index (χ2n) is 6.27. The van der Waals surface area contributed by atoms with Crippen LogP contribution in [-0.4, -0.2) is 32.4 Å². The van der Waals surface area contributed by atoms with Gasteiger partial charge in [-0.15, -0.1) is 0 Å². The van der Waals surface area contributed by atoms with Crippen LogP contribution in [0.3, 0.4) is 0 Å². The normalized spacial score (nSPS) is 20.0. The molecule has 1 aliphatic heterocycles. The van der Waals surface area contributed by atoms with Gasteiger partial charge in [0.1, 0.15) is 12.4 Å². The van der Waals surface area contributed by atoms with Crippen LogP contribution in [0, 0.1) is 12.8 Å². The highest BCUT2D eigenvalue weighted by Gasteiger charge is 2.25. The summed E-state index contributed by atoms with van der Waals surface area (Å²) in [5, 5.41) is 3.53. The van der Waals surface area contributed by atoms with Gasteiger partial charge in [0.05, 0.1) is 6.61 Å². The van der Waals surface area contributed by atoms with Crippen molar-refractivity contribution in [3.8, 4) is 5.75 Å². The third kappa shape index (κ3) is 4.45.